The maximum atomic E-state index is 12.5. The summed E-state index contributed by atoms with van der Waals surface area (Å²) in [7, 11) is 0. The van der Waals surface area contributed by atoms with E-state index in [2.05, 4.69) is 43.5 Å². The largest absolute Gasteiger partial charge is 0.466 e. The van der Waals surface area contributed by atoms with Crippen molar-refractivity contribution in [2.75, 3.05) is 13.2 Å². The predicted octanol–water partition coefficient (Wildman–Crippen LogP) is 20.2. The van der Waals surface area contributed by atoms with Crippen LogP contribution in [-0.2, 0) is 14.3 Å². The van der Waals surface area contributed by atoms with Gasteiger partial charge in [0.15, 0.2) is 0 Å². The van der Waals surface area contributed by atoms with Crippen molar-refractivity contribution >= 4 is 11.9 Å². The van der Waals surface area contributed by atoms with E-state index in [1.165, 1.54) is 276 Å². The lowest BCUT2D eigenvalue weighted by molar-refractivity contribution is -0.143. The number of hydrogen-bond acceptors (Lipinski definition) is 5. The minimum Gasteiger partial charge on any atom is -0.466 e. The normalized spacial score (nSPS) is 12.7. The highest BCUT2D eigenvalue weighted by Gasteiger charge is 2.20. The summed E-state index contributed by atoms with van der Waals surface area (Å²) in [4.78, 5) is 24.5. The minimum absolute atomic E-state index is 0.00984. The van der Waals surface area contributed by atoms with Crippen LogP contribution in [0.4, 0.5) is 0 Å². The molecule has 0 fully saturated rings. The summed E-state index contributed by atoms with van der Waals surface area (Å²) in [6, 6.07) is -0.549. The lowest BCUT2D eigenvalue weighted by Crippen LogP contribution is -2.45. The SMILES string of the molecule is CCCCCCCCCCCCCCCCCCCC(O)C(CO)NC(=O)CCCCCCCCC/C=C\C/C=C\CCCCCCCCCCCOC(=O)CCCCCCCCCCCCCCCC. The molecule has 0 heterocycles. The third kappa shape index (κ3) is 57.5. The number of aliphatic hydroxyl groups excluding tert-OH is 2. The standard InChI is InChI=1S/C65H125NO5/c1-3-5-7-9-11-13-15-17-19-27-30-33-37-41-45-49-53-57-63(68)62(61-67)66-64(69)58-54-50-46-42-38-34-31-28-25-23-21-20-22-24-26-29-32-36-40-44-48-52-56-60-71-65(70)59-55-51-47-43-39-35-18-16-14-12-10-8-6-4-2/h20,22-23,25,62-63,67-68H,3-19,21,24,26-61H2,1-2H3,(H,66,69)/b22-20-,25-23-. The first-order valence-electron chi connectivity index (χ1n) is 32.1. The molecule has 6 nitrogen and oxygen atoms in total. The number of carbonyl (C=O) groups is 2. The smallest absolute Gasteiger partial charge is 0.305 e. The number of aliphatic hydroxyl groups is 2. The van der Waals surface area contributed by atoms with E-state index in [9.17, 15) is 19.8 Å². The summed E-state index contributed by atoms with van der Waals surface area (Å²) >= 11 is 0. The Kier molecular flexibility index (Phi) is 59.5. The first-order valence-corrected chi connectivity index (χ1v) is 32.1. The molecular formula is C65H125NO5. The third-order valence-electron chi connectivity index (χ3n) is 15.0. The Morgan fingerprint density at radius 2 is 0.704 bits per heavy atom. The van der Waals surface area contributed by atoms with Crippen LogP contribution in [0.25, 0.3) is 0 Å². The molecule has 0 spiro atoms. The van der Waals surface area contributed by atoms with Crippen molar-refractivity contribution in [1.82, 2.24) is 5.32 Å². The van der Waals surface area contributed by atoms with Gasteiger partial charge in [-0.1, -0.05) is 308 Å². The Balaban J connectivity index is 3.44. The second kappa shape index (κ2) is 60.9. The van der Waals surface area contributed by atoms with Crippen molar-refractivity contribution in [3.63, 3.8) is 0 Å². The van der Waals surface area contributed by atoms with Crippen LogP contribution in [0.5, 0.6) is 0 Å². The van der Waals surface area contributed by atoms with Crippen LogP contribution in [0.1, 0.15) is 354 Å². The topological polar surface area (TPSA) is 95.9 Å². The van der Waals surface area contributed by atoms with Gasteiger partial charge in [0.25, 0.3) is 0 Å². The first kappa shape index (κ1) is 69.3. The average molecular weight is 1000 g/mol. The van der Waals surface area contributed by atoms with Crippen molar-refractivity contribution in [3.05, 3.63) is 24.3 Å². The molecule has 0 saturated carbocycles. The fourth-order valence-corrected chi connectivity index (χ4v) is 10.1. The maximum absolute atomic E-state index is 12.5. The number of ether oxygens (including phenoxy) is 1. The molecule has 0 aliphatic rings. The molecule has 0 aliphatic heterocycles. The fourth-order valence-electron chi connectivity index (χ4n) is 10.1. The Bertz CT molecular complexity index is 1110. The number of amides is 1. The highest BCUT2D eigenvalue weighted by molar-refractivity contribution is 5.76. The van der Waals surface area contributed by atoms with Crippen molar-refractivity contribution in [2.45, 2.75) is 366 Å². The zero-order valence-electron chi connectivity index (χ0n) is 48.0. The fraction of sp³-hybridized carbons (Fsp3) is 0.908. The molecule has 0 radical (unpaired) electrons. The predicted molar refractivity (Wildman–Crippen MR) is 310 cm³/mol. The Labute approximate surface area is 443 Å². The lowest BCUT2D eigenvalue weighted by Gasteiger charge is -2.22. The molecule has 420 valence electrons. The number of allylic oxidation sites excluding steroid dienone is 4. The monoisotopic (exact) mass is 1000 g/mol. The molecule has 2 atom stereocenters. The number of hydrogen-bond donors (Lipinski definition) is 3. The summed E-state index contributed by atoms with van der Waals surface area (Å²) in [5, 5.41) is 23.3. The molecule has 71 heavy (non-hydrogen) atoms. The third-order valence-corrected chi connectivity index (χ3v) is 15.0. The van der Waals surface area contributed by atoms with Gasteiger partial charge < -0.3 is 20.3 Å². The van der Waals surface area contributed by atoms with E-state index in [-0.39, 0.29) is 18.5 Å². The van der Waals surface area contributed by atoms with Crippen LogP contribution in [0, 0.1) is 0 Å². The van der Waals surface area contributed by atoms with Crippen LogP contribution in [0.15, 0.2) is 24.3 Å². The summed E-state index contributed by atoms with van der Waals surface area (Å²) in [5.74, 6) is -0.0329. The molecular weight excluding hydrogens is 875 g/mol. The van der Waals surface area contributed by atoms with Gasteiger partial charge in [0.05, 0.1) is 25.4 Å². The van der Waals surface area contributed by atoms with Gasteiger partial charge in [-0.25, -0.2) is 0 Å². The van der Waals surface area contributed by atoms with Crippen LogP contribution in [-0.4, -0.2) is 47.4 Å². The van der Waals surface area contributed by atoms with E-state index in [1.807, 2.05) is 0 Å². The summed E-state index contributed by atoms with van der Waals surface area (Å²) < 4.78 is 5.48. The summed E-state index contributed by atoms with van der Waals surface area (Å²) in [6.07, 6.45) is 74.8. The molecule has 2 unspecified atom stereocenters. The summed E-state index contributed by atoms with van der Waals surface area (Å²) in [6.45, 7) is 4.97. The van der Waals surface area contributed by atoms with Gasteiger partial charge in [0.1, 0.15) is 0 Å². The van der Waals surface area contributed by atoms with Crippen molar-refractivity contribution < 1.29 is 24.5 Å². The molecule has 0 bridgehead atoms. The molecule has 0 rings (SSSR count). The number of carbonyl (C=O) groups excluding carboxylic acids is 2. The Hall–Kier alpha value is -1.66. The van der Waals surface area contributed by atoms with Gasteiger partial charge in [0, 0.05) is 12.8 Å². The van der Waals surface area contributed by atoms with E-state index in [0.717, 1.165) is 44.9 Å². The van der Waals surface area contributed by atoms with Crippen LogP contribution < -0.4 is 5.32 Å². The minimum atomic E-state index is -0.671. The molecule has 0 saturated heterocycles. The highest BCUT2D eigenvalue weighted by Crippen LogP contribution is 2.18. The van der Waals surface area contributed by atoms with E-state index in [1.54, 1.807) is 0 Å². The molecule has 6 heteroatoms. The van der Waals surface area contributed by atoms with Gasteiger partial charge in [-0.15, -0.1) is 0 Å². The molecule has 1 amide bonds. The molecule has 3 N–H and O–H groups in total. The molecule has 0 aromatic rings. The highest BCUT2D eigenvalue weighted by atomic mass is 16.5. The van der Waals surface area contributed by atoms with Crippen LogP contribution >= 0.6 is 0 Å². The second-order valence-electron chi connectivity index (χ2n) is 22.1. The van der Waals surface area contributed by atoms with E-state index in [0.29, 0.717) is 25.9 Å². The van der Waals surface area contributed by atoms with Crippen molar-refractivity contribution in [2.24, 2.45) is 0 Å². The number of unbranched alkanes of at least 4 members (excludes halogenated alkanes) is 45. The maximum Gasteiger partial charge on any atom is 0.305 e. The van der Waals surface area contributed by atoms with Gasteiger partial charge in [-0.05, 0) is 57.8 Å². The quantitative estimate of drug-likeness (QED) is 0.0320. The molecule has 0 aromatic heterocycles. The van der Waals surface area contributed by atoms with E-state index in [4.69, 9.17) is 4.74 Å². The number of rotatable bonds is 60. The Morgan fingerprint density at radius 3 is 1.07 bits per heavy atom. The van der Waals surface area contributed by atoms with E-state index >= 15 is 0 Å². The number of nitrogens with one attached hydrogen (secondary N) is 1. The second-order valence-corrected chi connectivity index (χ2v) is 22.1. The van der Waals surface area contributed by atoms with E-state index < -0.39 is 12.1 Å². The lowest BCUT2D eigenvalue weighted by atomic mass is 10.0. The van der Waals surface area contributed by atoms with Crippen LogP contribution in [0.2, 0.25) is 0 Å². The van der Waals surface area contributed by atoms with Gasteiger partial charge in [-0.2, -0.15) is 0 Å². The van der Waals surface area contributed by atoms with Crippen molar-refractivity contribution in [3.8, 4) is 0 Å². The van der Waals surface area contributed by atoms with Crippen LogP contribution in [0.3, 0.4) is 0 Å². The molecule has 0 aromatic carbocycles. The van der Waals surface area contributed by atoms with Gasteiger partial charge in [0.2, 0.25) is 5.91 Å². The zero-order chi connectivity index (χ0) is 51.4. The van der Waals surface area contributed by atoms with Gasteiger partial charge in [-0.3, -0.25) is 9.59 Å². The van der Waals surface area contributed by atoms with Crippen molar-refractivity contribution in [1.29, 1.82) is 0 Å². The van der Waals surface area contributed by atoms with Gasteiger partial charge >= 0.3 is 5.97 Å². The molecule has 0 aliphatic carbocycles. The number of esters is 1. The summed E-state index contributed by atoms with van der Waals surface area (Å²) in [5.41, 5.74) is 0. The Morgan fingerprint density at radius 1 is 0.394 bits per heavy atom. The first-order chi connectivity index (χ1) is 35.0. The zero-order valence-corrected chi connectivity index (χ0v) is 48.0. The average Bonchev–Trinajstić information content (AvgIpc) is 3.37.